The molecular formula is C10H11NO. The first kappa shape index (κ1) is 7.54. The summed E-state index contributed by atoms with van der Waals surface area (Å²) in [5.74, 6) is 0.812. The third kappa shape index (κ3) is 0.828. The number of hydrogen-bond donors (Lipinski definition) is 0. The maximum absolute atomic E-state index is 11.3. The quantitative estimate of drug-likeness (QED) is 0.543. The highest BCUT2D eigenvalue weighted by Gasteiger charge is 2.41. The Labute approximate surface area is 71.9 Å². The van der Waals surface area contributed by atoms with Gasteiger partial charge in [-0.2, -0.15) is 5.26 Å². The standard InChI is InChI=1S/C10H11NO/c1-6-4-8-7(9(6)5-11)2-3-10(8)12/h7-8H,2-4H2,1H3. The number of Topliss-reactive ketones (excluding diaryl/α,β-unsaturated/α-hetero) is 1. The second kappa shape index (κ2) is 2.45. The molecular weight excluding hydrogens is 150 g/mol. The van der Waals surface area contributed by atoms with Crippen LogP contribution in [-0.2, 0) is 4.79 Å². The Morgan fingerprint density at radius 3 is 2.92 bits per heavy atom. The summed E-state index contributed by atoms with van der Waals surface area (Å²) in [5, 5.41) is 8.85. The van der Waals surface area contributed by atoms with Gasteiger partial charge in [0.25, 0.3) is 0 Å². The van der Waals surface area contributed by atoms with Crippen LogP contribution >= 0.6 is 0 Å². The van der Waals surface area contributed by atoms with Crippen LogP contribution in [0, 0.1) is 23.2 Å². The van der Waals surface area contributed by atoms with E-state index in [4.69, 9.17) is 5.26 Å². The number of rotatable bonds is 0. The second-order valence-electron chi connectivity index (χ2n) is 3.73. The van der Waals surface area contributed by atoms with Crippen LogP contribution in [0.3, 0.4) is 0 Å². The van der Waals surface area contributed by atoms with E-state index in [-0.39, 0.29) is 11.8 Å². The van der Waals surface area contributed by atoms with Gasteiger partial charge in [-0.25, -0.2) is 0 Å². The fraction of sp³-hybridized carbons (Fsp3) is 0.600. The smallest absolute Gasteiger partial charge is 0.136 e. The zero-order valence-corrected chi connectivity index (χ0v) is 7.13. The fourth-order valence-corrected chi connectivity index (χ4v) is 2.45. The topological polar surface area (TPSA) is 40.9 Å². The van der Waals surface area contributed by atoms with E-state index in [0.29, 0.717) is 12.2 Å². The maximum atomic E-state index is 11.3. The van der Waals surface area contributed by atoms with E-state index in [2.05, 4.69) is 6.07 Å². The molecule has 0 aromatic rings. The molecule has 0 aliphatic heterocycles. The van der Waals surface area contributed by atoms with Crippen molar-refractivity contribution < 1.29 is 4.79 Å². The predicted molar refractivity (Wildman–Crippen MR) is 44.2 cm³/mol. The minimum atomic E-state index is 0.166. The van der Waals surface area contributed by atoms with Gasteiger partial charge in [0.15, 0.2) is 0 Å². The molecule has 2 atom stereocenters. The fourth-order valence-electron chi connectivity index (χ4n) is 2.45. The number of fused-ring (bicyclic) bond motifs is 1. The number of hydrogen-bond acceptors (Lipinski definition) is 2. The molecule has 0 aromatic carbocycles. The van der Waals surface area contributed by atoms with Crippen molar-refractivity contribution in [2.24, 2.45) is 11.8 Å². The number of nitrogens with zero attached hydrogens (tertiary/aromatic N) is 1. The lowest BCUT2D eigenvalue weighted by molar-refractivity contribution is -0.120. The Hall–Kier alpha value is -1.10. The summed E-state index contributed by atoms with van der Waals surface area (Å²) >= 11 is 0. The highest BCUT2D eigenvalue weighted by Crippen LogP contribution is 2.44. The monoisotopic (exact) mass is 161 g/mol. The Morgan fingerprint density at radius 2 is 2.25 bits per heavy atom. The number of ketones is 1. The van der Waals surface area contributed by atoms with Crippen molar-refractivity contribution in [3.05, 3.63) is 11.1 Å². The van der Waals surface area contributed by atoms with Crippen LogP contribution in [-0.4, -0.2) is 5.78 Å². The lowest BCUT2D eigenvalue weighted by Gasteiger charge is -2.06. The molecule has 2 heteroatoms. The van der Waals surface area contributed by atoms with E-state index in [0.717, 1.165) is 24.0 Å². The summed E-state index contributed by atoms with van der Waals surface area (Å²) in [6.07, 6.45) is 2.43. The van der Waals surface area contributed by atoms with Gasteiger partial charge in [-0.05, 0) is 19.8 Å². The van der Waals surface area contributed by atoms with Gasteiger partial charge in [0.05, 0.1) is 6.07 Å². The summed E-state index contributed by atoms with van der Waals surface area (Å²) < 4.78 is 0. The third-order valence-corrected chi connectivity index (χ3v) is 3.08. The number of carbonyl (C=O) groups is 1. The van der Waals surface area contributed by atoms with E-state index in [1.807, 2.05) is 6.92 Å². The first-order chi connectivity index (χ1) is 5.74. The highest BCUT2D eigenvalue weighted by molar-refractivity contribution is 5.85. The van der Waals surface area contributed by atoms with Crippen LogP contribution in [0.15, 0.2) is 11.1 Å². The normalized spacial score (nSPS) is 33.8. The van der Waals surface area contributed by atoms with Crippen molar-refractivity contribution in [2.75, 3.05) is 0 Å². The Balaban J connectivity index is 2.33. The Kier molecular flexibility index (Phi) is 1.54. The van der Waals surface area contributed by atoms with Crippen molar-refractivity contribution >= 4 is 5.78 Å². The molecule has 1 saturated carbocycles. The van der Waals surface area contributed by atoms with Crippen LogP contribution in [0.1, 0.15) is 26.2 Å². The van der Waals surface area contributed by atoms with Crippen LogP contribution < -0.4 is 0 Å². The molecule has 2 aliphatic carbocycles. The minimum Gasteiger partial charge on any atom is -0.299 e. The Bertz CT molecular complexity index is 308. The average Bonchev–Trinajstić information content (AvgIpc) is 2.52. The van der Waals surface area contributed by atoms with Crippen LogP contribution in [0.4, 0.5) is 0 Å². The van der Waals surface area contributed by atoms with Crippen molar-refractivity contribution in [1.29, 1.82) is 5.26 Å². The largest absolute Gasteiger partial charge is 0.299 e. The van der Waals surface area contributed by atoms with Gasteiger partial charge in [-0.3, -0.25) is 4.79 Å². The summed E-state index contributed by atoms with van der Waals surface area (Å²) in [5.41, 5.74) is 2.03. The van der Waals surface area contributed by atoms with Gasteiger partial charge < -0.3 is 0 Å². The first-order valence-corrected chi connectivity index (χ1v) is 4.36. The molecule has 2 rings (SSSR count). The number of nitriles is 1. The molecule has 2 nitrogen and oxygen atoms in total. The molecule has 0 bridgehead atoms. The molecule has 0 spiro atoms. The van der Waals surface area contributed by atoms with Crippen LogP contribution in [0.2, 0.25) is 0 Å². The molecule has 0 saturated heterocycles. The highest BCUT2D eigenvalue weighted by atomic mass is 16.1. The molecule has 62 valence electrons. The van der Waals surface area contributed by atoms with E-state index in [1.165, 1.54) is 0 Å². The predicted octanol–water partition coefficient (Wildman–Crippen LogP) is 1.83. The summed E-state index contributed by atoms with van der Waals surface area (Å²) in [6.45, 7) is 1.98. The van der Waals surface area contributed by atoms with E-state index in [1.54, 1.807) is 0 Å². The molecule has 0 N–H and O–H groups in total. The van der Waals surface area contributed by atoms with Crippen molar-refractivity contribution in [1.82, 2.24) is 0 Å². The van der Waals surface area contributed by atoms with Crippen LogP contribution in [0.5, 0.6) is 0 Å². The first-order valence-electron chi connectivity index (χ1n) is 4.36. The molecule has 0 aromatic heterocycles. The zero-order chi connectivity index (χ0) is 8.72. The molecule has 0 amide bonds. The molecule has 2 aliphatic rings. The Morgan fingerprint density at radius 1 is 1.50 bits per heavy atom. The van der Waals surface area contributed by atoms with Gasteiger partial charge in [0.2, 0.25) is 0 Å². The van der Waals surface area contributed by atoms with E-state index >= 15 is 0 Å². The zero-order valence-electron chi connectivity index (χ0n) is 7.13. The third-order valence-electron chi connectivity index (χ3n) is 3.08. The van der Waals surface area contributed by atoms with Gasteiger partial charge in [0, 0.05) is 23.8 Å². The number of carbonyl (C=O) groups excluding carboxylic acids is 1. The lowest BCUT2D eigenvalue weighted by atomic mass is 9.95. The van der Waals surface area contributed by atoms with Crippen LogP contribution in [0.25, 0.3) is 0 Å². The van der Waals surface area contributed by atoms with Crippen molar-refractivity contribution in [3.8, 4) is 6.07 Å². The van der Waals surface area contributed by atoms with Gasteiger partial charge in [-0.15, -0.1) is 0 Å². The summed E-state index contributed by atoms with van der Waals surface area (Å²) in [6, 6.07) is 2.23. The van der Waals surface area contributed by atoms with Gasteiger partial charge >= 0.3 is 0 Å². The maximum Gasteiger partial charge on any atom is 0.136 e. The summed E-state index contributed by atoms with van der Waals surface area (Å²) in [7, 11) is 0. The minimum absolute atomic E-state index is 0.166. The van der Waals surface area contributed by atoms with E-state index in [9.17, 15) is 4.79 Å². The second-order valence-corrected chi connectivity index (χ2v) is 3.73. The summed E-state index contributed by atoms with van der Waals surface area (Å²) in [4.78, 5) is 11.3. The number of allylic oxidation sites excluding steroid dienone is 2. The molecule has 1 fully saturated rings. The average molecular weight is 161 g/mol. The van der Waals surface area contributed by atoms with Gasteiger partial charge in [0.1, 0.15) is 5.78 Å². The lowest BCUT2D eigenvalue weighted by Crippen LogP contribution is -2.09. The molecule has 2 unspecified atom stereocenters. The molecule has 0 heterocycles. The molecule has 12 heavy (non-hydrogen) atoms. The SMILES string of the molecule is CC1=C(C#N)C2CCC(=O)C2C1. The van der Waals surface area contributed by atoms with E-state index < -0.39 is 0 Å². The van der Waals surface area contributed by atoms with Crippen molar-refractivity contribution in [2.45, 2.75) is 26.2 Å². The van der Waals surface area contributed by atoms with Gasteiger partial charge in [-0.1, -0.05) is 5.57 Å². The van der Waals surface area contributed by atoms with Crippen molar-refractivity contribution in [3.63, 3.8) is 0 Å². The molecule has 0 radical (unpaired) electrons.